The fourth-order valence-corrected chi connectivity index (χ4v) is 0.450. The summed E-state index contributed by atoms with van der Waals surface area (Å²) >= 11 is 0. The molecule has 4 nitrogen and oxygen atoms in total. The quantitative estimate of drug-likeness (QED) is 0.491. The molecule has 0 saturated heterocycles. The number of aliphatic imine (C=N–C) groups is 1. The molecule has 0 unspecified atom stereocenters. The van der Waals surface area contributed by atoms with Crippen LogP contribution >= 0.6 is 0 Å². The molecule has 0 spiro atoms. The lowest BCUT2D eigenvalue weighted by Gasteiger charge is -2.10. The molecule has 0 aromatic rings. The summed E-state index contributed by atoms with van der Waals surface area (Å²) in [6.45, 7) is 0.691. The molecule has 1 N–H and O–H groups in total. The molecule has 1 aliphatic heterocycles. The van der Waals surface area contributed by atoms with Gasteiger partial charge in [-0.2, -0.15) is 0 Å². The van der Waals surface area contributed by atoms with Crippen LogP contribution in [0.5, 0.6) is 0 Å². The second-order valence-corrected chi connectivity index (χ2v) is 1.67. The van der Waals surface area contributed by atoms with Gasteiger partial charge >= 0.3 is 0 Å². The molecule has 0 saturated carbocycles. The van der Waals surface area contributed by atoms with Gasteiger partial charge in [0.15, 0.2) is 0 Å². The summed E-state index contributed by atoms with van der Waals surface area (Å²) in [5.74, 6) is 0. The smallest absolute Gasteiger partial charge is 0.290 e. The molecule has 1 rings (SSSR count). The van der Waals surface area contributed by atoms with Crippen molar-refractivity contribution in [1.29, 1.82) is 0 Å². The highest BCUT2D eigenvalue weighted by Gasteiger charge is 1.87. The van der Waals surface area contributed by atoms with E-state index in [0.29, 0.717) is 0 Å². The standard InChI is InChI=1S/C5H8N2.CH2O2/c1-7-4-2-6-3-5-7;2-1-3/h2-4H,5H2,1H3;1H,(H,2,3). The predicted molar refractivity (Wildman–Crippen MR) is 39.0 cm³/mol. The lowest BCUT2D eigenvalue weighted by Crippen LogP contribution is -2.14. The molecule has 0 radical (unpaired) electrons. The molecule has 0 bridgehead atoms. The Balaban J connectivity index is 0.000000236. The van der Waals surface area contributed by atoms with E-state index in [-0.39, 0.29) is 6.47 Å². The van der Waals surface area contributed by atoms with Crippen molar-refractivity contribution in [2.45, 2.75) is 0 Å². The van der Waals surface area contributed by atoms with Crippen molar-refractivity contribution < 1.29 is 9.90 Å². The first-order chi connectivity index (χ1) is 4.81. The van der Waals surface area contributed by atoms with Gasteiger partial charge in [-0.15, -0.1) is 0 Å². The zero-order valence-electron chi connectivity index (χ0n) is 5.77. The van der Waals surface area contributed by atoms with Gasteiger partial charge in [0.2, 0.25) is 0 Å². The molecule has 1 aliphatic rings. The zero-order chi connectivity index (χ0) is 7.82. The van der Waals surface area contributed by atoms with Crippen molar-refractivity contribution in [3.8, 4) is 0 Å². The lowest BCUT2D eigenvalue weighted by atomic mass is 10.6. The maximum atomic E-state index is 8.36. The topological polar surface area (TPSA) is 52.9 Å². The van der Waals surface area contributed by atoms with Crippen LogP contribution in [0.2, 0.25) is 0 Å². The fraction of sp³-hybridized carbons (Fsp3) is 0.333. The largest absolute Gasteiger partial charge is 0.483 e. The second kappa shape index (κ2) is 5.81. The van der Waals surface area contributed by atoms with Gasteiger partial charge in [0, 0.05) is 25.7 Å². The highest BCUT2D eigenvalue weighted by atomic mass is 16.3. The van der Waals surface area contributed by atoms with Crippen LogP contribution in [0.4, 0.5) is 0 Å². The average molecular weight is 142 g/mol. The minimum absolute atomic E-state index is 0.250. The summed E-state index contributed by atoms with van der Waals surface area (Å²) in [5.41, 5.74) is 0. The number of nitrogens with zero attached hydrogens (tertiary/aromatic N) is 2. The molecular formula is C6H10N2O2. The van der Waals surface area contributed by atoms with Gasteiger partial charge < -0.3 is 10.0 Å². The Morgan fingerprint density at radius 3 is 2.60 bits per heavy atom. The van der Waals surface area contributed by atoms with Gasteiger partial charge in [0.1, 0.15) is 0 Å². The first-order valence-corrected chi connectivity index (χ1v) is 2.77. The molecule has 0 fully saturated rings. The molecule has 0 aromatic carbocycles. The molecule has 56 valence electrons. The van der Waals surface area contributed by atoms with E-state index in [1.807, 2.05) is 19.5 Å². The Bertz CT molecular complexity index is 143. The van der Waals surface area contributed by atoms with E-state index in [2.05, 4.69) is 9.89 Å². The number of carbonyl (C=O) groups is 1. The third-order valence-electron chi connectivity index (χ3n) is 0.882. The zero-order valence-corrected chi connectivity index (χ0v) is 5.77. The minimum atomic E-state index is -0.250. The number of hydrogen-bond donors (Lipinski definition) is 1. The fourth-order valence-electron chi connectivity index (χ4n) is 0.450. The molecule has 10 heavy (non-hydrogen) atoms. The van der Waals surface area contributed by atoms with Crippen molar-refractivity contribution in [2.75, 3.05) is 13.6 Å². The minimum Gasteiger partial charge on any atom is -0.483 e. The van der Waals surface area contributed by atoms with Crippen LogP contribution in [-0.4, -0.2) is 36.3 Å². The van der Waals surface area contributed by atoms with E-state index in [1.165, 1.54) is 0 Å². The first kappa shape index (κ1) is 8.68. The van der Waals surface area contributed by atoms with Crippen LogP contribution in [0.3, 0.4) is 0 Å². The van der Waals surface area contributed by atoms with Crippen molar-refractivity contribution >= 4 is 12.7 Å². The number of rotatable bonds is 0. The van der Waals surface area contributed by atoms with Gasteiger partial charge in [-0.3, -0.25) is 9.79 Å². The Labute approximate surface area is 59.5 Å². The van der Waals surface area contributed by atoms with E-state index in [0.717, 1.165) is 6.54 Å². The van der Waals surface area contributed by atoms with Gasteiger partial charge in [-0.05, 0) is 0 Å². The van der Waals surface area contributed by atoms with Crippen molar-refractivity contribution in [2.24, 2.45) is 4.99 Å². The molecule has 1 heterocycles. The average Bonchev–Trinajstić information content (AvgIpc) is 1.91. The summed E-state index contributed by atoms with van der Waals surface area (Å²) in [7, 11) is 2.02. The summed E-state index contributed by atoms with van der Waals surface area (Å²) < 4.78 is 0. The second-order valence-electron chi connectivity index (χ2n) is 1.67. The SMILES string of the molecule is CN1C=CN=CC1.O=CO. The highest BCUT2D eigenvalue weighted by molar-refractivity contribution is 5.61. The van der Waals surface area contributed by atoms with E-state index in [4.69, 9.17) is 9.90 Å². The number of hydrogen-bond acceptors (Lipinski definition) is 3. The van der Waals surface area contributed by atoms with Crippen LogP contribution in [0, 0.1) is 0 Å². The van der Waals surface area contributed by atoms with Crippen molar-refractivity contribution in [3.63, 3.8) is 0 Å². The lowest BCUT2D eigenvalue weighted by molar-refractivity contribution is -0.122. The van der Waals surface area contributed by atoms with Gasteiger partial charge in [0.25, 0.3) is 6.47 Å². The molecule has 0 atom stereocenters. The van der Waals surface area contributed by atoms with Gasteiger partial charge in [0.05, 0.1) is 6.54 Å². The monoisotopic (exact) mass is 142 g/mol. The number of carboxylic acid groups (broad SMARTS) is 1. The summed E-state index contributed by atoms with van der Waals surface area (Å²) in [6.07, 6.45) is 5.60. The van der Waals surface area contributed by atoms with E-state index in [1.54, 1.807) is 6.20 Å². The van der Waals surface area contributed by atoms with Gasteiger partial charge in [-0.25, -0.2) is 0 Å². The highest BCUT2D eigenvalue weighted by Crippen LogP contribution is 1.87. The summed E-state index contributed by atoms with van der Waals surface area (Å²) in [5, 5.41) is 6.89. The predicted octanol–water partition coefficient (Wildman–Crippen LogP) is 0.175. The van der Waals surface area contributed by atoms with E-state index < -0.39 is 0 Å². The van der Waals surface area contributed by atoms with Crippen LogP contribution in [0.1, 0.15) is 0 Å². The van der Waals surface area contributed by atoms with Crippen molar-refractivity contribution in [1.82, 2.24) is 4.90 Å². The van der Waals surface area contributed by atoms with Crippen LogP contribution < -0.4 is 0 Å². The third-order valence-corrected chi connectivity index (χ3v) is 0.882. The Hall–Kier alpha value is -1.32. The molecule has 0 aromatic heterocycles. The molecule has 0 amide bonds. The first-order valence-electron chi connectivity index (χ1n) is 2.77. The van der Waals surface area contributed by atoms with Gasteiger partial charge in [-0.1, -0.05) is 0 Å². The van der Waals surface area contributed by atoms with Crippen molar-refractivity contribution in [3.05, 3.63) is 12.4 Å². The summed E-state index contributed by atoms with van der Waals surface area (Å²) in [4.78, 5) is 14.3. The molecular weight excluding hydrogens is 132 g/mol. The Kier molecular flexibility index (Phi) is 5.04. The Morgan fingerprint density at radius 2 is 2.40 bits per heavy atom. The normalized spacial score (nSPS) is 13.9. The van der Waals surface area contributed by atoms with Crippen LogP contribution in [0.15, 0.2) is 17.4 Å². The van der Waals surface area contributed by atoms with E-state index >= 15 is 0 Å². The van der Waals surface area contributed by atoms with Crippen LogP contribution in [-0.2, 0) is 4.79 Å². The van der Waals surface area contributed by atoms with Crippen LogP contribution in [0.25, 0.3) is 0 Å². The molecule has 4 heteroatoms. The third kappa shape index (κ3) is 4.83. The van der Waals surface area contributed by atoms with E-state index in [9.17, 15) is 0 Å². The maximum absolute atomic E-state index is 8.36. The molecule has 0 aliphatic carbocycles. The Morgan fingerprint density at radius 1 is 1.80 bits per heavy atom. The maximum Gasteiger partial charge on any atom is 0.290 e. The summed E-state index contributed by atoms with van der Waals surface area (Å²) in [6, 6.07) is 0.